The Morgan fingerprint density at radius 2 is 1.54 bits per heavy atom. The van der Waals surface area contributed by atoms with Crippen LogP contribution in [0.5, 0.6) is 0 Å². The SMILES string of the molecule is CC(C)C1=C2[C@H]3CC[C@@H]4[C@@]5(C)C(NC(=O)N6CCC(N)CC6)CCC(C)(C)[C@@H]5CC[C@@]4(C)[C@]3(C)CC[C@@]2(C)CC1=O. The molecule has 1 aliphatic heterocycles. The molecule has 4 saturated carbocycles. The second-order valence-corrected chi connectivity index (χ2v) is 17.5. The molecule has 0 bridgehead atoms. The minimum absolute atomic E-state index is 0.0610. The van der Waals surface area contributed by atoms with Gasteiger partial charge in [0.05, 0.1) is 0 Å². The molecule has 5 fully saturated rings. The zero-order valence-electron chi connectivity index (χ0n) is 27.5. The Morgan fingerprint density at radius 3 is 2.20 bits per heavy atom. The van der Waals surface area contributed by atoms with Gasteiger partial charge in [0.1, 0.15) is 0 Å². The molecule has 8 atom stereocenters. The highest BCUT2D eigenvalue weighted by Crippen LogP contribution is 2.76. The van der Waals surface area contributed by atoms with Gasteiger partial charge in [-0.2, -0.15) is 0 Å². The highest BCUT2D eigenvalue weighted by Gasteiger charge is 2.70. The Balaban J connectivity index is 1.37. The number of Topliss-reactive ketones (excluding diaryl/α,β-unsaturated/α-hetero) is 1. The van der Waals surface area contributed by atoms with Crippen LogP contribution >= 0.6 is 0 Å². The third-order valence-electron chi connectivity index (χ3n) is 14.9. The second kappa shape index (κ2) is 9.57. The molecule has 230 valence electrons. The standard InChI is InChI=1S/C36H59N3O2/c1-22(2)29-25(40)21-33(5)17-18-34(6)24(30(29)33)9-10-27-35(34,7)16-11-26-32(3,4)15-12-28(36(26,27)8)38-31(41)39-19-13-23(37)14-20-39/h22-24,26-28H,9-21,37H2,1-8H3,(H,38,41)/t24-,26+,27+,28?,33+,34-,35-,36+/m1/s1. The van der Waals surface area contributed by atoms with Crippen molar-refractivity contribution >= 4 is 11.8 Å². The fourth-order valence-electron chi connectivity index (χ4n) is 12.5. The number of carbonyl (C=O) groups is 2. The number of likely N-dealkylation sites (tertiary alicyclic amines) is 1. The van der Waals surface area contributed by atoms with Crippen LogP contribution in [0.15, 0.2) is 11.1 Å². The van der Waals surface area contributed by atoms with E-state index in [-0.39, 0.29) is 45.2 Å². The summed E-state index contributed by atoms with van der Waals surface area (Å²) in [6, 6.07) is 0.574. The van der Waals surface area contributed by atoms with E-state index in [2.05, 4.69) is 60.7 Å². The van der Waals surface area contributed by atoms with Gasteiger partial charge in [0.2, 0.25) is 0 Å². The molecule has 0 spiro atoms. The van der Waals surface area contributed by atoms with E-state index in [1.165, 1.54) is 44.1 Å². The lowest BCUT2D eigenvalue weighted by molar-refractivity contribution is -0.219. The minimum atomic E-state index is 0.0610. The van der Waals surface area contributed by atoms with Crippen molar-refractivity contribution < 1.29 is 9.59 Å². The summed E-state index contributed by atoms with van der Waals surface area (Å²) in [5.74, 6) is 2.42. The lowest BCUT2D eigenvalue weighted by atomic mass is 9.32. The van der Waals surface area contributed by atoms with Gasteiger partial charge in [-0.1, -0.05) is 61.0 Å². The van der Waals surface area contributed by atoms with Crippen LogP contribution in [0.2, 0.25) is 0 Å². The van der Waals surface area contributed by atoms with Crippen molar-refractivity contribution in [2.45, 2.75) is 138 Å². The van der Waals surface area contributed by atoms with Crippen LogP contribution in [0.3, 0.4) is 0 Å². The lowest BCUT2D eigenvalue weighted by Crippen LogP contribution is -2.69. The smallest absolute Gasteiger partial charge is 0.317 e. The quantitative estimate of drug-likeness (QED) is 0.364. The van der Waals surface area contributed by atoms with Crippen molar-refractivity contribution in [3.8, 4) is 0 Å². The average molecular weight is 566 g/mol. The van der Waals surface area contributed by atoms with Gasteiger partial charge in [-0.15, -0.1) is 0 Å². The van der Waals surface area contributed by atoms with Gasteiger partial charge in [-0.3, -0.25) is 4.79 Å². The predicted octanol–water partition coefficient (Wildman–Crippen LogP) is 7.49. The Hall–Kier alpha value is -1.36. The number of hydrogen-bond donors (Lipinski definition) is 2. The summed E-state index contributed by atoms with van der Waals surface area (Å²) < 4.78 is 0. The predicted molar refractivity (Wildman–Crippen MR) is 166 cm³/mol. The van der Waals surface area contributed by atoms with Crippen LogP contribution in [0, 0.1) is 50.7 Å². The van der Waals surface area contributed by atoms with E-state index in [0.29, 0.717) is 29.5 Å². The maximum Gasteiger partial charge on any atom is 0.317 e. The average Bonchev–Trinajstić information content (AvgIpc) is 3.17. The summed E-state index contributed by atoms with van der Waals surface area (Å²) in [7, 11) is 0. The number of carbonyl (C=O) groups excluding carboxylic acids is 2. The molecule has 1 heterocycles. The van der Waals surface area contributed by atoms with Crippen molar-refractivity contribution in [2.24, 2.45) is 56.5 Å². The molecule has 1 saturated heterocycles. The molecule has 0 aromatic carbocycles. The fraction of sp³-hybridized carbons (Fsp3) is 0.889. The number of urea groups is 1. The first kappa shape index (κ1) is 29.7. The third kappa shape index (κ3) is 4.09. The first-order chi connectivity index (χ1) is 19.1. The lowest BCUT2D eigenvalue weighted by Gasteiger charge is -2.72. The van der Waals surface area contributed by atoms with Crippen LogP contribution in [0.1, 0.15) is 126 Å². The summed E-state index contributed by atoms with van der Waals surface area (Å²) in [5.41, 5.74) is 9.70. The van der Waals surface area contributed by atoms with E-state index in [9.17, 15) is 9.59 Å². The minimum Gasteiger partial charge on any atom is -0.335 e. The van der Waals surface area contributed by atoms with E-state index < -0.39 is 0 Å². The molecule has 5 nitrogen and oxygen atoms in total. The number of ketones is 1. The van der Waals surface area contributed by atoms with E-state index in [1.807, 2.05) is 4.90 Å². The topological polar surface area (TPSA) is 75.4 Å². The maximum atomic E-state index is 13.7. The zero-order chi connectivity index (χ0) is 29.8. The number of nitrogens with one attached hydrogen (secondary N) is 1. The van der Waals surface area contributed by atoms with E-state index >= 15 is 0 Å². The highest BCUT2D eigenvalue weighted by molar-refractivity contribution is 6.00. The number of piperidine rings is 1. The van der Waals surface area contributed by atoms with Gasteiger partial charge in [-0.25, -0.2) is 4.79 Å². The first-order valence-corrected chi connectivity index (χ1v) is 17.2. The molecule has 0 aromatic heterocycles. The third-order valence-corrected chi connectivity index (χ3v) is 14.9. The molecule has 6 aliphatic rings. The fourth-order valence-corrected chi connectivity index (χ4v) is 12.5. The van der Waals surface area contributed by atoms with Crippen molar-refractivity contribution in [3.63, 3.8) is 0 Å². The van der Waals surface area contributed by atoms with Crippen LogP contribution < -0.4 is 11.1 Å². The largest absolute Gasteiger partial charge is 0.335 e. The second-order valence-electron chi connectivity index (χ2n) is 17.5. The molecule has 41 heavy (non-hydrogen) atoms. The van der Waals surface area contributed by atoms with Gasteiger partial charge >= 0.3 is 6.03 Å². The normalized spacial score (nSPS) is 46.1. The first-order valence-electron chi connectivity index (χ1n) is 17.2. The van der Waals surface area contributed by atoms with Crippen LogP contribution in [-0.2, 0) is 4.79 Å². The van der Waals surface area contributed by atoms with Crippen LogP contribution in [0.4, 0.5) is 4.79 Å². The summed E-state index contributed by atoms with van der Waals surface area (Å²) in [6.45, 7) is 21.3. The summed E-state index contributed by atoms with van der Waals surface area (Å²) in [5, 5.41) is 3.68. The number of rotatable bonds is 2. The number of fused-ring (bicyclic) bond motifs is 7. The summed E-state index contributed by atoms with van der Waals surface area (Å²) in [6.07, 6.45) is 12.1. The summed E-state index contributed by atoms with van der Waals surface area (Å²) >= 11 is 0. The van der Waals surface area contributed by atoms with Crippen molar-refractivity contribution in [1.82, 2.24) is 10.2 Å². The molecular weight excluding hydrogens is 506 g/mol. The van der Waals surface area contributed by atoms with E-state index in [4.69, 9.17) is 5.73 Å². The molecule has 3 N–H and O–H groups in total. The number of allylic oxidation sites excluding steroid dienone is 2. The Morgan fingerprint density at radius 1 is 0.854 bits per heavy atom. The number of nitrogens with zero attached hydrogens (tertiary/aromatic N) is 1. The molecule has 0 radical (unpaired) electrons. The number of hydrogen-bond acceptors (Lipinski definition) is 3. The monoisotopic (exact) mass is 565 g/mol. The molecule has 6 rings (SSSR count). The Labute approximate surface area is 250 Å². The molecular formula is C36H59N3O2. The van der Waals surface area contributed by atoms with Crippen molar-refractivity contribution in [2.75, 3.05) is 13.1 Å². The van der Waals surface area contributed by atoms with Gasteiger partial charge < -0.3 is 16.0 Å². The molecule has 0 aromatic rings. The Kier molecular flexibility index (Phi) is 6.93. The van der Waals surface area contributed by atoms with E-state index in [1.54, 1.807) is 5.57 Å². The zero-order valence-corrected chi connectivity index (χ0v) is 27.5. The Bertz CT molecular complexity index is 1130. The molecule has 1 unspecified atom stereocenters. The maximum absolute atomic E-state index is 13.7. The number of nitrogens with two attached hydrogens (primary N) is 1. The van der Waals surface area contributed by atoms with Gasteiger partial charge in [0.25, 0.3) is 0 Å². The number of amides is 2. The van der Waals surface area contributed by atoms with Crippen molar-refractivity contribution in [1.29, 1.82) is 0 Å². The molecule has 2 amide bonds. The molecule has 5 aliphatic carbocycles. The van der Waals surface area contributed by atoms with E-state index in [0.717, 1.165) is 45.2 Å². The van der Waals surface area contributed by atoms with Crippen molar-refractivity contribution in [3.05, 3.63) is 11.1 Å². The van der Waals surface area contributed by atoms with Gasteiger partial charge in [0, 0.05) is 31.6 Å². The van der Waals surface area contributed by atoms with Gasteiger partial charge in [-0.05, 0) is 121 Å². The van der Waals surface area contributed by atoms with Crippen LogP contribution in [0.25, 0.3) is 0 Å². The highest BCUT2D eigenvalue weighted by atomic mass is 16.2. The van der Waals surface area contributed by atoms with Crippen LogP contribution in [-0.4, -0.2) is 41.9 Å². The summed E-state index contributed by atoms with van der Waals surface area (Å²) in [4.78, 5) is 29.2. The van der Waals surface area contributed by atoms with Gasteiger partial charge in [0.15, 0.2) is 5.78 Å². The molecule has 5 heteroatoms.